The van der Waals surface area contributed by atoms with Gasteiger partial charge in [0.2, 0.25) is 0 Å². The molecule has 4 atom stereocenters. The molecule has 1 N–H and O–H groups in total. The quantitative estimate of drug-likeness (QED) is 0.286. The maximum Gasteiger partial charge on any atom is 0.119 e. The van der Waals surface area contributed by atoms with E-state index in [9.17, 15) is 0 Å². The smallest absolute Gasteiger partial charge is 0.119 e. The third-order valence-electron chi connectivity index (χ3n) is 7.87. The van der Waals surface area contributed by atoms with E-state index < -0.39 is 0 Å². The summed E-state index contributed by atoms with van der Waals surface area (Å²) in [6, 6.07) is 17.8. The van der Waals surface area contributed by atoms with Crippen LogP contribution in [-0.4, -0.2) is 51.8 Å². The molecular formula is C32H50N2O2. The number of benzene rings is 2. The van der Waals surface area contributed by atoms with Crippen molar-refractivity contribution in [3.8, 4) is 11.5 Å². The van der Waals surface area contributed by atoms with Gasteiger partial charge in [0.25, 0.3) is 0 Å². The largest absolute Gasteiger partial charge is 0.493 e. The van der Waals surface area contributed by atoms with Crippen molar-refractivity contribution in [2.45, 2.75) is 71.1 Å². The number of likely N-dealkylation sites (tertiary alicyclic amines) is 1. The van der Waals surface area contributed by atoms with Crippen LogP contribution in [0, 0.1) is 11.8 Å². The molecule has 4 heteroatoms. The first kappa shape index (κ1) is 28.5. The second-order valence-corrected chi connectivity index (χ2v) is 10.8. The Morgan fingerprint density at radius 2 is 1.47 bits per heavy atom. The second kappa shape index (κ2) is 15.3. The molecule has 0 bridgehead atoms. The molecule has 0 aromatic heterocycles. The summed E-state index contributed by atoms with van der Waals surface area (Å²) in [7, 11) is 4.23. The number of ether oxygens (including phenoxy) is 2. The van der Waals surface area contributed by atoms with Crippen LogP contribution in [0.3, 0.4) is 0 Å². The van der Waals surface area contributed by atoms with E-state index in [-0.39, 0.29) is 0 Å². The standard InChI is InChI=1S/C32H50N2O2/c1-6-10-25(21-33-4)23-35-29-16-12-27(13-17-29)31(7-2)32(8-3)28-14-18-30(19-15-28)36-24-26-11-9-20-34(5)22-26/h12-19,25-26,31-33H,6-11,20-24H2,1-5H3. The zero-order chi connectivity index (χ0) is 25.8. The molecule has 200 valence electrons. The Labute approximate surface area is 220 Å². The van der Waals surface area contributed by atoms with Crippen molar-refractivity contribution in [1.82, 2.24) is 10.2 Å². The van der Waals surface area contributed by atoms with E-state index >= 15 is 0 Å². The Morgan fingerprint density at radius 1 is 0.889 bits per heavy atom. The average Bonchev–Trinajstić information content (AvgIpc) is 2.90. The number of piperidine rings is 1. The van der Waals surface area contributed by atoms with Crippen LogP contribution in [-0.2, 0) is 0 Å². The van der Waals surface area contributed by atoms with Gasteiger partial charge in [-0.25, -0.2) is 0 Å². The fraction of sp³-hybridized carbons (Fsp3) is 0.625. The first-order chi connectivity index (χ1) is 17.6. The highest BCUT2D eigenvalue weighted by molar-refractivity contribution is 5.35. The van der Waals surface area contributed by atoms with Gasteiger partial charge in [0.05, 0.1) is 13.2 Å². The average molecular weight is 495 g/mol. The molecule has 1 aliphatic rings. The fourth-order valence-electron chi connectivity index (χ4n) is 5.91. The monoisotopic (exact) mass is 494 g/mol. The lowest BCUT2D eigenvalue weighted by Gasteiger charge is -2.29. The zero-order valence-electron chi connectivity index (χ0n) is 23.5. The van der Waals surface area contributed by atoms with Crippen molar-refractivity contribution >= 4 is 0 Å². The minimum absolute atomic E-state index is 0.491. The van der Waals surface area contributed by atoms with Crippen LogP contribution in [0.4, 0.5) is 0 Å². The summed E-state index contributed by atoms with van der Waals surface area (Å²) in [5.74, 6) is 4.16. The maximum absolute atomic E-state index is 6.17. The molecule has 0 saturated carbocycles. The van der Waals surface area contributed by atoms with Gasteiger partial charge in [0.1, 0.15) is 11.5 Å². The molecule has 1 fully saturated rings. The topological polar surface area (TPSA) is 33.7 Å². The van der Waals surface area contributed by atoms with Crippen molar-refractivity contribution in [2.75, 3.05) is 46.9 Å². The van der Waals surface area contributed by atoms with Crippen molar-refractivity contribution < 1.29 is 9.47 Å². The van der Waals surface area contributed by atoms with E-state index in [1.54, 1.807) is 0 Å². The van der Waals surface area contributed by atoms with Gasteiger partial charge in [-0.05, 0) is 100.0 Å². The molecule has 0 radical (unpaired) electrons. The van der Waals surface area contributed by atoms with E-state index in [0.29, 0.717) is 23.7 Å². The van der Waals surface area contributed by atoms with E-state index in [1.165, 1.54) is 43.4 Å². The van der Waals surface area contributed by atoms with Gasteiger partial charge >= 0.3 is 0 Å². The lowest BCUT2D eigenvalue weighted by Crippen LogP contribution is -2.34. The van der Waals surface area contributed by atoms with Crippen LogP contribution < -0.4 is 14.8 Å². The van der Waals surface area contributed by atoms with Crippen LogP contribution in [0.1, 0.15) is 82.3 Å². The highest BCUT2D eigenvalue weighted by Crippen LogP contribution is 2.39. The van der Waals surface area contributed by atoms with Crippen molar-refractivity contribution in [2.24, 2.45) is 11.8 Å². The molecule has 0 aliphatic carbocycles. The van der Waals surface area contributed by atoms with Crippen LogP contribution in [0.2, 0.25) is 0 Å². The van der Waals surface area contributed by atoms with Gasteiger partial charge in [-0.2, -0.15) is 0 Å². The van der Waals surface area contributed by atoms with Gasteiger partial charge in [0, 0.05) is 24.9 Å². The van der Waals surface area contributed by atoms with Gasteiger partial charge in [-0.3, -0.25) is 0 Å². The minimum Gasteiger partial charge on any atom is -0.493 e. The SMILES string of the molecule is CCCC(CNC)COc1ccc(C(CC)C(CC)c2ccc(OCC3CCCN(C)C3)cc2)cc1. The van der Waals surface area contributed by atoms with Gasteiger partial charge in [-0.1, -0.05) is 51.5 Å². The molecule has 2 aromatic rings. The summed E-state index contributed by atoms with van der Waals surface area (Å²) < 4.78 is 12.3. The van der Waals surface area contributed by atoms with Gasteiger partial charge in [0.15, 0.2) is 0 Å². The fourth-order valence-corrected chi connectivity index (χ4v) is 5.91. The van der Waals surface area contributed by atoms with Crippen molar-refractivity contribution in [3.05, 3.63) is 59.7 Å². The number of rotatable bonds is 15. The number of nitrogens with one attached hydrogen (secondary N) is 1. The Morgan fingerprint density at radius 3 is 1.97 bits per heavy atom. The highest BCUT2D eigenvalue weighted by atomic mass is 16.5. The third-order valence-corrected chi connectivity index (χ3v) is 7.87. The Bertz CT molecular complexity index is 787. The molecule has 1 saturated heterocycles. The molecule has 1 aliphatic heterocycles. The lowest BCUT2D eigenvalue weighted by atomic mass is 9.78. The number of nitrogens with zero attached hydrogens (tertiary/aromatic N) is 1. The molecule has 1 heterocycles. The van der Waals surface area contributed by atoms with E-state index in [0.717, 1.165) is 50.6 Å². The first-order valence-electron chi connectivity index (χ1n) is 14.4. The summed E-state index contributed by atoms with van der Waals surface area (Å²) >= 11 is 0. The van der Waals surface area contributed by atoms with E-state index in [1.807, 2.05) is 7.05 Å². The molecule has 4 nitrogen and oxygen atoms in total. The summed E-state index contributed by atoms with van der Waals surface area (Å²) in [6.45, 7) is 11.8. The van der Waals surface area contributed by atoms with E-state index in [4.69, 9.17) is 9.47 Å². The van der Waals surface area contributed by atoms with Crippen LogP contribution >= 0.6 is 0 Å². The predicted molar refractivity (Wildman–Crippen MR) is 152 cm³/mol. The summed E-state index contributed by atoms with van der Waals surface area (Å²) in [4.78, 5) is 2.42. The molecule has 0 spiro atoms. The highest BCUT2D eigenvalue weighted by Gasteiger charge is 2.23. The molecule has 4 unspecified atom stereocenters. The summed E-state index contributed by atoms with van der Waals surface area (Å²) in [6.07, 6.45) is 7.18. The normalized spacial score (nSPS) is 19.0. The summed E-state index contributed by atoms with van der Waals surface area (Å²) in [5.41, 5.74) is 2.81. The summed E-state index contributed by atoms with van der Waals surface area (Å²) in [5, 5.41) is 3.29. The molecule has 2 aromatic carbocycles. The second-order valence-electron chi connectivity index (χ2n) is 10.8. The zero-order valence-corrected chi connectivity index (χ0v) is 23.5. The van der Waals surface area contributed by atoms with Gasteiger partial charge in [-0.15, -0.1) is 0 Å². The van der Waals surface area contributed by atoms with Crippen LogP contribution in [0.15, 0.2) is 48.5 Å². The minimum atomic E-state index is 0.491. The van der Waals surface area contributed by atoms with Crippen molar-refractivity contribution in [3.63, 3.8) is 0 Å². The Hall–Kier alpha value is -2.04. The van der Waals surface area contributed by atoms with Gasteiger partial charge < -0.3 is 19.7 Å². The lowest BCUT2D eigenvalue weighted by molar-refractivity contribution is 0.150. The Kier molecular flexibility index (Phi) is 12.1. The first-order valence-corrected chi connectivity index (χ1v) is 14.4. The number of hydrogen-bond donors (Lipinski definition) is 1. The van der Waals surface area contributed by atoms with Crippen molar-refractivity contribution in [1.29, 1.82) is 0 Å². The van der Waals surface area contributed by atoms with Crippen LogP contribution in [0.25, 0.3) is 0 Å². The van der Waals surface area contributed by atoms with E-state index in [2.05, 4.69) is 86.6 Å². The molecule has 3 rings (SSSR count). The third kappa shape index (κ3) is 8.52. The molecule has 36 heavy (non-hydrogen) atoms. The molecular weight excluding hydrogens is 444 g/mol. The number of hydrogen-bond acceptors (Lipinski definition) is 4. The predicted octanol–water partition coefficient (Wildman–Crippen LogP) is 7.11. The molecule has 0 amide bonds. The van der Waals surface area contributed by atoms with Crippen LogP contribution in [0.5, 0.6) is 11.5 Å². The Balaban J connectivity index is 1.59. The maximum atomic E-state index is 6.17.